The summed E-state index contributed by atoms with van der Waals surface area (Å²) in [6.45, 7) is 7.89. The Labute approximate surface area is 187 Å². The molecule has 0 bridgehead atoms. The summed E-state index contributed by atoms with van der Waals surface area (Å²) in [6.07, 6.45) is 3.15. The molecule has 1 aliphatic rings. The highest BCUT2D eigenvalue weighted by molar-refractivity contribution is 5.58. The maximum absolute atomic E-state index is 5.32. The molecule has 0 unspecified atom stereocenters. The van der Waals surface area contributed by atoms with Crippen LogP contribution in [0.3, 0.4) is 0 Å². The van der Waals surface area contributed by atoms with E-state index in [0.29, 0.717) is 0 Å². The molecule has 164 valence electrons. The Balaban J connectivity index is 0.000000388. The molecule has 0 spiro atoms. The lowest BCUT2D eigenvalue weighted by Gasteiger charge is -2.18. The van der Waals surface area contributed by atoms with E-state index < -0.39 is 0 Å². The topological polar surface area (TPSA) is 58.2 Å². The van der Waals surface area contributed by atoms with Gasteiger partial charge in [-0.05, 0) is 43.5 Å². The first-order valence-electron chi connectivity index (χ1n) is 10.7. The molecular weight excluding hydrogens is 384 g/mol. The highest BCUT2D eigenvalue weighted by Gasteiger charge is 2.10. The molecule has 0 fully saturated rings. The van der Waals surface area contributed by atoms with Gasteiger partial charge < -0.3 is 20.7 Å². The van der Waals surface area contributed by atoms with Gasteiger partial charge in [0.15, 0.2) is 0 Å². The summed E-state index contributed by atoms with van der Waals surface area (Å²) in [5.41, 5.74) is 4.62. The van der Waals surface area contributed by atoms with Crippen LogP contribution >= 0.6 is 0 Å². The van der Waals surface area contributed by atoms with E-state index in [2.05, 4.69) is 53.7 Å². The molecule has 1 aromatic heterocycles. The van der Waals surface area contributed by atoms with E-state index in [-0.39, 0.29) is 1.43 Å². The predicted octanol–water partition coefficient (Wildman–Crippen LogP) is 5.40. The summed E-state index contributed by atoms with van der Waals surface area (Å²) in [5.74, 6) is 2.59. The van der Waals surface area contributed by atoms with E-state index in [4.69, 9.17) is 9.72 Å². The van der Waals surface area contributed by atoms with Crippen molar-refractivity contribution in [2.24, 2.45) is 0 Å². The zero-order valence-corrected chi connectivity index (χ0v) is 18.4. The van der Waals surface area contributed by atoms with Crippen LogP contribution < -0.4 is 20.7 Å². The van der Waals surface area contributed by atoms with E-state index in [1.54, 1.807) is 7.11 Å². The molecule has 0 saturated heterocycles. The summed E-state index contributed by atoms with van der Waals surface area (Å²) in [6, 6.07) is 22.3. The molecule has 0 aliphatic carbocycles. The average molecular weight is 419 g/mol. The molecule has 0 saturated carbocycles. The van der Waals surface area contributed by atoms with Gasteiger partial charge in [0, 0.05) is 26.6 Å². The number of rotatable bonds is 7. The number of anilines is 2. The van der Waals surface area contributed by atoms with Crippen LogP contribution in [-0.4, -0.2) is 25.2 Å². The minimum Gasteiger partial charge on any atom is -0.495 e. The van der Waals surface area contributed by atoms with E-state index in [1.165, 1.54) is 17.5 Å². The van der Waals surface area contributed by atoms with Gasteiger partial charge in [0.1, 0.15) is 11.6 Å². The molecule has 3 N–H and O–H groups in total. The second-order valence-corrected chi connectivity index (χ2v) is 7.48. The lowest BCUT2D eigenvalue weighted by Crippen LogP contribution is -2.22. The second kappa shape index (κ2) is 11.6. The number of aryl methyl sites for hydroxylation is 2. The number of ether oxygens (including phenoxy) is 1. The number of nitrogens with one attached hydrogen (secondary N) is 3. The van der Waals surface area contributed by atoms with Gasteiger partial charge in [-0.1, -0.05) is 60.7 Å². The number of pyridine rings is 1. The molecular formula is C26H34N4O. The van der Waals surface area contributed by atoms with Crippen molar-refractivity contribution in [3.05, 3.63) is 96.0 Å². The van der Waals surface area contributed by atoms with Crippen molar-refractivity contribution in [1.82, 2.24) is 10.3 Å². The Hall–Kier alpha value is -3.47. The van der Waals surface area contributed by atoms with Crippen molar-refractivity contribution >= 4 is 11.5 Å². The van der Waals surface area contributed by atoms with Crippen LogP contribution in [0.25, 0.3) is 0 Å². The quantitative estimate of drug-likeness (QED) is 0.479. The monoisotopic (exact) mass is 418 g/mol. The van der Waals surface area contributed by atoms with Gasteiger partial charge in [0.2, 0.25) is 0 Å². The molecule has 0 amide bonds. The van der Waals surface area contributed by atoms with Crippen LogP contribution in [0.2, 0.25) is 0 Å². The zero-order valence-electron chi connectivity index (χ0n) is 18.4. The minimum absolute atomic E-state index is 0. The van der Waals surface area contributed by atoms with Gasteiger partial charge in [-0.2, -0.15) is 0 Å². The molecule has 2 heterocycles. The smallest absolute Gasteiger partial charge is 0.142 e. The third-order valence-corrected chi connectivity index (χ3v) is 5.00. The molecule has 1 aliphatic heterocycles. The van der Waals surface area contributed by atoms with Crippen molar-refractivity contribution in [1.29, 1.82) is 0 Å². The van der Waals surface area contributed by atoms with Gasteiger partial charge in [0.25, 0.3) is 0 Å². The van der Waals surface area contributed by atoms with E-state index in [0.717, 1.165) is 54.7 Å². The fraction of sp³-hybridized carbons (Fsp3) is 0.269. The van der Waals surface area contributed by atoms with Crippen LogP contribution in [0.5, 0.6) is 5.75 Å². The maximum Gasteiger partial charge on any atom is 0.142 e. The molecule has 31 heavy (non-hydrogen) atoms. The standard InChI is InChI=1S/C19H24N4O.C7H8.H2/c1-14(22-17-7-3-4-8-18(17)24-2)20-13-11-16-10-9-15-6-5-12-21-19(15)23-16;1-7-5-3-2-4-6-7;/h3-4,7-10,20,22H,1,5-6,11-13H2,2H3,(H,21,23);2-6H,1H3;1H. The number of aromatic nitrogens is 1. The molecule has 3 aromatic rings. The first-order chi connectivity index (χ1) is 15.2. The Bertz CT molecular complexity index is 979. The lowest BCUT2D eigenvalue weighted by atomic mass is 10.1. The highest BCUT2D eigenvalue weighted by Crippen LogP contribution is 2.24. The molecule has 4 rings (SSSR count). The Morgan fingerprint density at radius 2 is 1.87 bits per heavy atom. The fourth-order valence-electron chi connectivity index (χ4n) is 3.34. The maximum atomic E-state index is 5.32. The van der Waals surface area contributed by atoms with Gasteiger partial charge in [-0.25, -0.2) is 4.98 Å². The highest BCUT2D eigenvalue weighted by atomic mass is 16.5. The predicted molar refractivity (Wildman–Crippen MR) is 132 cm³/mol. The second-order valence-electron chi connectivity index (χ2n) is 7.48. The van der Waals surface area contributed by atoms with E-state index in [9.17, 15) is 0 Å². The summed E-state index contributed by atoms with van der Waals surface area (Å²) in [5, 5.41) is 9.90. The molecule has 0 radical (unpaired) electrons. The number of benzene rings is 2. The number of fused-ring (bicyclic) bond motifs is 1. The SMILES string of the molecule is C=C(NCCc1ccc2c(n1)NCCC2)Nc1ccccc1OC.Cc1ccccc1.[HH]. The summed E-state index contributed by atoms with van der Waals surface area (Å²) < 4.78 is 5.32. The van der Waals surface area contributed by atoms with Gasteiger partial charge in [-0.15, -0.1) is 0 Å². The summed E-state index contributed by atoms with van der Waals surface area (Å²) in [4.78, 5) is 4.70. The van der Waals surface area contributed by atoms with Crippen molar-refractivity contribution in [3.63, 3.8) is 0 Å². The van der Waals surface area contributed by atoms with Crippen LogP contribution in [0.15, 0.2) is 79.1 Å². The number of nitrogens with zero attached hydrogens (tertiary/aromatic N) is 1. The van der Waals surface area contributed by atoms with Crippen molar-refractivity contribution in [3.8, 4) is 5.75 Å². The molecule has 0 atom stereocenters. The Morgan fingerprint density at radius 1 is 1.10 bits per heavy atom. The number of methoxy groups -OCH3 is 1. The third kappa shape index (κ3) is 7.07. The van der Waals surface area contributed by atoms with Crippen molar-refractivity contribution in [2.45, 2.75) is 26.2 Å². The Morgan fingerprint density at radius 3 is 2.61 bits per heavy atom. The Kier molecular flexibility index (Phi) is 8.35. The third-order valence-electron chi connectivity index (χ3n) is 5.00. The average Bonchev–Trinajstić information content (AvgIpc) is 2.80. The molecule has 2 aromatic carbocycles. The van der Waals surface area contributed by atoms with Crippen LogP contribution in [0.4, 0.5) is 11.5 Å². The number of hydrogen-bond acceptors (Lipinski definition) is 5. The minimum atomic E-state index is 0. The zero-order chi connectivity index (χ0) is 21.9. The summed E-state index contributed by atoms with van der Waals surface area (Å²) >= 11 is 0. The van der Waals surface area contributed by atoms with E-state index >= 15 is 0 Å². The van der Waals surface area contributed by atoms with Crippen molar-refractivity contribution in [2.75, 3.05) is 30.8 Å². The van der Waals surface area contributed by atoms with Crippen molar-refractivity contribution < 1.29 is 6.16 Å². The van der Waals surface area contributed by atoms with Crippen LogP contribution in [0.1, 0.15) is 24.7 Å². The van der Waals surface area contributed by atoms with Gasteiger partial charge in [0.05, 0.1) is 18.6 Å². The molecule has 5 heteroatoms. The largest absolute Gasteiger partial charge is 0.495 e. The van der Waals surface area contributed by atoms with Crippen LogP contribution in [-0.2, 0) is 12.8 Å². The van der Waals surface area contributed by atoms with E-state index in [1.807, 2.05) is 42.5 Å². The summed E-state index contributed by atoms with van der Waals surface area (Å²) in [7, 11) is 1.66. The molecule has 5 nitrogen and oxygen atoms in total. The number of hydrogen-bond donors (Lipinski definition) is 3. The van der Waals surface area contributed by atoms with Gasteiger partial charge >= 0.3 is 0 Å². The normalized spacial score (nSPS) is 11.8. The first kappa shape index (κ1) is 22.2. The number of para-hydroxylation sites is 2. The first-order valence-corrected chi connectivity index (χ1v) is 10.7. The van der Waals surface area contributed by atoms with Gasteiger partial charge in [-0.3, -0.25) is 0 Å². The fourth-order valence-corrected chi connectivity index (χ4v) is 3.34. The van der Waals surface area contributed by atoms with Crippen LogP contribution in [0, 0.1) is 6.92 Å². The lowest BCUT2D eigenvalue weighted by molar-refractivity contribution is 0.416.